The van der Waals surface area contributed by atoms with Gasteiger partial charge in [-0.2, -0.15) is 0 Å². The van der Waals surface area contributed by atoms with E-state index in [4.69, 9.17) is 0 Å². The van der Waals surface area contributed by atoms with Gasteiger partial charge in [0.25, 0.3) is 11.5 Å². The zero-order valence-electron chi connectivity index (χ0n) is 14.6. The Balaban J connectivity index is 1.64. The van der Waals surface area contributed by atoms with Crippen molar-refractivity contribution in [1.82, 2.24) is 19.4 Å². The first-order valence-electron chi connectivity index (χ1n) is 9.24. The fourth-order valence-electron chi connectivity index (χ4n) is 3.77. The number of aryl methyl sites for hydroxylation is 1. The van der Waals surface area contributed by atoms with E-state index in [-0.39, 0.29) is 23.1 Å². The molecule has 2 aromatic rings. The molecule has 6 heteroatoms. The molecule has 4 rings (SSSR count). The quantitative estimate of drug-likeness (QED) is 0.930. The maximum atomic E-state index is 13.1. The Morgan fingerprint density at radius 2 is 2.12 bits per heavy atom. The van der Waals surface area contributed by atoms with Crippen molar-refractivity contribution < 1.29 is 4.79 Å². The molecule has 2 aromatic heterocycles. The zero-order valence-corrected chi connectivity index (χ0v) is 14.6. The molecule has 1 saturated heterocycles. The minimum Gasteiger partial charge on any atom is -0.333 e. The van der Waals surface area contributed by atoms with Crippen LogP contribution in [0, 0.1) is 0 Å². The van der Waals surface area contributed by atoms with Crippen molar-refractivity contribution >= 4 is 5.91 Å². The van der Waals surface area contributed by atoms with Gasteiger partial charge in [0, 0.05) is 31.2 Å². The summed E-state index contributed by atoms with van der Waals surface area (Å²) in [5.41, 5.74) is 0.932. The van der Waals surface area contributed by atoms with Crippen LogP contribution in [-0.4, -0.2) is 31.9 Å². The highest BCUT2D eigenvalue weighted by Gasteiger charge is 2.33. The van der Waals surface area contributed by atoms with Crippen LogP contribution < -0.4 is 5.56 Å². The second-order valence-electron chi connectivity index (χ2n) is 7.01. The average molecular weight is 340 g/mol. The minimum atomic E-state index is -0.266. The minimum absolute atomic E-state index is 0.0568. The molecular weight excluding hydrogens is 316 g/mol. The van der Waals surface area contributed by atoms with Crippen molar-refractivity contribution in [3.63, 3.8) is 0 Å². The number of H-pyrrole nitrogens is 1. The van der Waals surface area contributed by atoms with Gasteiger partial charge in [0.2, 0.25) is 0 Å². The zero-order chi connectivity index (χ0) is 17.4. The van der Waals surface area contributed by atoms with Crippen LogP contribution in [0.15, 0.2) is 29.3 Å². The molecule has 6 nitrogen and oxygen atoms in total. The maximum absolute atomic E-state index is 13.1. The van der Waals surface area contributed by atoms with E-state index >= 15 is 0 Å². The summed E-state index contributed by atoms with van der Waals surface area (Å²) in [7, 11) is 0. The number of imidazole rings is 1. The number of rotatable bonds is 4. The van der Waals surface area contributed by atoms with Crippen LogP contribution in [0.4, 0.5) is 0 Å². The summed E-state index contributed by atoms with van der Waals surface area (Å²) in [5, 5.41) is 0. The van der Waals surface area contributed by atoms with Crippen LogP contribution >= 0.6 is 0 Å². The largest absolute Gasteiger partial charge is 0.333 e. The van der Waals surface area contributed by atoms with Gasteiger partial charge in [-0.05, 0) is 57.1 Å². The number of amides is 1. The number of pyridine rings is 1. The highest BCUT2D eigenvalue weighted by molar-refractivity contribution is 5.94. The Kier molecular flexibility index (Phi) is 4.19. The van der Waals surface area contributed by atoms with Crippen molar-refractivity contribution in [3.05, 3.63) is 52.0 Å². The third-order valence-corrected chi connectivity index (χ3v) is 5.33. The second kappa shape index (κ2) is 6.50. The standard InChI is InChI=1S/C19H24N4O2/c1-2-22-12-10-20-17(22)16-5-3-4-11-23(16)19(25)14-8-9-15(13-6-7-13)21-18(14)24/h8-10,12-13,16H,2-7,11H2,1H3,(H,21,24). The number of carbonyl (C=O) groups is 1. The Hall–Kier alpha value is -2.37. The molecule has 0 aromatic carbocycles. The SMILES string of the molecule is CCn1ccnc1C1CCCCN1C(=O)c1ccc(C2CC2)[nH]c1=O. The Bertz CT molecular complexity index is 834. The molecule has 0 bridgehead atoms. The van der Waals surface area contributed by atoms with Crippen molar-refractivity contribution in [3.8, 4) is 0 Å². The fourth-order valence-corrected chi connectivity index (χ4v) is 3.77. The Morgan fingerprint density at radius 3 is 2.84 bits per heavy atom. The summed E-state index contributed by atoms with van der Waals surface area (Å²) in [6.45, 7) is 3.57. The lowest BCUT2D eigenvalue weighted by Crippen LogP contribution is -2.41. The third-order valence-electron chi connectivity index (χ3n) is 5.33. The van der Waals surface area contributed by atoms with Gasteiger partial charge in [0.05, 0.1) is 6.04 Å². The van der Waals surface area contributed by atoms with Crippen LogP contribution in [0.2, 0.25) is 0 Å². The second-order valence-corrected chi connectivity index (χ2v) is 7.01. The lowest BCUT2D eigenvalue weighted by Gasteiger charge is -2.35. The van der Waals surface area contributed by atoms with Gasteiger partial charge >= 0.3 is 0 Å². The van der Waals surface area contributed by atoms with E-state index in [1.165, 1.54) is 0 Å². The summed E-state index contributed by atoms with van der Waals surface area (Å²) in [6, 6.07) is 3.55. The van der Waals surface area contributed by atoms with Crippen LogP contribution in [-0.2, 0) is 6.54 Å². The van der Waals surface area contributed by atoms with Crippen molar-refractivity contribution in [2.75, 3.05) is 6.54 Å². The number of nitrogens with one attached hydrogen (secondary N) is 1. The Morgan fingerprint density at radius 1 is 1.28 bits per heavy atom. The predicted molar refractivity (Wildman–Crippen MR) is 94.6 cm³/mol. The van der Waals surface area contributed by atoms with Crippen LogP contribution in [0.5, 0.6) is 0 Å². The molecule has 2 fully saturated rings. The third kappa shape index (κ3) is 3.01. The molecule has 2 aliphatic rings. The van der Waals surface area contributed by atoms with E-state index < -0.39 is 0 Å². The smallest absolute Gasteiger partial charge is 0.261 e. The van der Waals surface area contributed by atoms with Gasteiger partial charge in [-0.3, -0.25) is 9.59 Å². The lowest BCUT2D eigenvalue weighted by atomic mass is 10.00. The van der Waals surface area contributed by atoms with Crippen molar-refractivity contribution in [2.24, 2.45) is 0 Å². The highest BCUT2D eigenvalue weighted by Crippen LogP contribution is 2.38. The van der Waals surface area contributed by atoms with Gasteiger partial charge in [-0.15, -0.1) is 0 Å². The van der Waals surface area contributed by atoms with E-state index in [1.807, 2.05) is 17.2 Å². The summed E-state index contributed by atoms with van der Waals surface area (Å²) >= 11 is 0. The summed E-state index contributed by atoms with van der Waals surface area (Å²) in [5.74, 6) is 1.21. The molecule has 1 N–H and O–H groups in total. The number of aromatic amines is 1. The first-order chi connectivity index (χ1) is 12.2. The Labute approximate surface area is 146 Å². The molecule has 132 valence electrons. The molecule has 1 unspecified atom stereocenters. The van der Waals surface area contributed by atoms with Gasteiger partial charge < -0.3 is 14.5 Å². The van der Waals surface area contributed by atoms with E-state index in [9.17, 15) is 9.59 Å². The normalized spacial score (nSPS) is 20.7. The molecule has 0 radical (unpaired) electrons. The molecule has 1 aliphatic heterocycles. The highest BCUT2D eigenvalue weighted by atomic mass is 16.2. The van der Waals surface area contributed by atoms with Gasteiger partial charge in [0.15, 0.2) is 0 Å². The van der Waals surface area contributed by atoms with E-state index in [0.29, 0.717) is 12.5 Å². The first-order valence-corrected chi connectivity index (χ1v) is 9.24. The van der Waals surface area contributed by atoms with E-state index in [1.54, 1.807) is 12.3 Å². The van der Waals surface area contributed by atoms with Gasteiger partial charge in [-0.25, -0.2) is 4.98 Å². The topological polar surface area (TPSA) is 71.0 Å². The predicted octanol–water partition coefficient (Wildman–Crippen LogP) is 2.84. The number of aromatic nitrogens is 3. The molecule has 3 heterocycles. The molecule has 1 atom stereocenters. The van der Waals surface area contributed by atoms with Crippen LogP contribution in [0.3, 0.4) is 0 Å². The molecular formula is C19H24N4O2. The van der Waals surface area contributed by atoms with Crippen LogP contribution in [0.1, 0.15) is 72.9 Å². The summed E-state index contributed by atoms with van der Waals surface area (Å²) < 4.78 is 2.08. The number of hydrogen-bond acceptors (Lipinski definition) is 3. The number of likely N-dealkylation sites (tertiary alicyclic amines) is 1. The lowest BCUT2D eigenvalue weighted by molar-refractivity contribution is 0.0593. The summed E-state index contributed by atoms with van der Waals surface area (Å²) in [6.07, 6.45) is 8.90. The monoisotopic (exact) mass is 340 g/mol. The van der Waals surface area contributed by atoms with Crippen molar-refractivity contribution in [2.45, 2.75) is 57.5 Å². The number of nitrogens with zero attached hydrogens (tertiary/aromatic N) is 3. The van der Waals surface area contributed by atoms with Gasteiger partial charge in [-0.1, -0.05) is 0 Å². The number of hydrogen-bond donors (Lipinski definition) is 1. The van der Waals surface area contributed by atoms with Crippen molar-refractivity contribution in [1.29, 1.82) is 0 Å². The summed E-state index contributed by atoms with van der Waals surface area (Å²) in [4.78, 5) is 34.8. The molecule has 1 aliphatic carbocycles. The number of piperidine rings is 1. The molecule has 1 amide bonds. The number of carbonyl (C=O) groups excluding carboxylic acids is 1. The fraction of sp³-hybridized carbons (Fsp3) is 0.526. The molecule has 25 heavy (non-hydrogen) atoms. The molecule has 0 spiro atoms. The van der Waals surface area contributed by atoms with Gasteiger partial charge in [0.1, 0.15) is 11.4 Å². The van der Waals surface area contributed by atoms with E-state index in [2.05, 4.69) is 21.5 Å². The van der Waals surface area contributed by atoms with Crippen LogP contribution in [0.25, 0.3) is 0 Å². The molecule has 1 saturated carbocycles. The average Bonchev–Trinajstić information content (AvgIpc) is 3.38. The van der Waals surface area contributed by atoms with E-state index in [0.717, 1.165) is 50.2 Å². The maximum Gasteiger partial charge on any atom is 0.261 e. The first kappa shape index (κ1) is 16.1.